The average molecular weight is 708 g/mol. The van der Waals surface area contributed by atoms with Gasteiger partial charge in [0.05, 0.1) is 0 Å². The zero-order chi connectivity index (χ0) is 37.3. The van der Waals surface area contributed by atoms with E-state index in [-0.39, 0.29) is 5.41 Å². The topological polar surface area (TPSA) is 16.4 Å². The van der Waals surface area contributed by atoms with Gasteiger partial charge in [-0.05, 0) is 118 Å². The second-order valence-electron chi connectivity index (χ2n) is 15.5. The number of hydrogen-bond donors (Lipinski definition) is 0. The second-order valence-corrected chi connectivity index (χ2v) is 15.5. The van der Waals surface area contributed by atoms with Crippen molar-refractivity contribution in [1.82, 2.24) is 0 Å². The number of benzene rings is 8. The van der Waals surface area contributed by atoms with Gasteiger partial charge in [-0.2, -0.15) is 0 Å². The van der Waals surface area contributed by atoms with Crippen LogP contribution in [0, 0.1) is 13.8 Å². The predicted octanol–water partition coefficient (Wildman–Crippen LogP) is 15.0. The molecule has 55 heavy (non-hydrogen) atoms. The summed E-state index contributed by atoms with van der Waals surface area (Å²) in [6.07, 6.45) is 0. The molecule has 0 aliphatic heterocycles. The van der Waals surface area contributed by atoms with E-state index in [0.717, 1.165) is 50.1 Å². The van der Waals surface area contributed by atoms with Crippen LogP contribution in [-0.2, 0) is 5.41 Å². The summed E-state index contributed by atoms with van der Waals surface area (Å²) >= 11 is 0. The number of hydrogen-bond acceptors (Lipinski definition) is 2. The maximum atomic E-state index is 6.42. The number of fused-ring (bicyclic) bond motifs is 6. The molecule has 0 N–H and O–H groups in total. The fourth-order valence-electron chi connectivity index (χ4n) is 8.91. The van der Waals surface area contributed by atoms with E-state index in [1.165, 1.54) is 55.6 Å². The van der Waals surface area contributed by atoms with Crippen LogP contribution in [-0.4, -0.2) is 0 Å². The minimum Gasteiger partial charge on any atom is -0.455 e. The normalized spacial score (nSPS) is 12.9. The molecule has 10 rings (SSSR count). The maximum absolute atomic E-state index is 6.42. The molecule has 8 aromatic carbocycles. The highest BCUT2D eigenvalue weighted by Crippen LogP contribution is 2.51. The van der Waals surface area contributed by atoms with Crippen LogP contribution < -0.4 is 4.90 Å². The molecule has 0 radical (unpaired) electrons. The fraction of sp³-hybridized carbons (Fsp3) is 0.0943. The molecule has 2 heteroatoms. The van der Waals surface area contributed by atoms with Gasteiger partial charge in [0.1, 0.15) is 11.2 Å². The van der Waals surface area contributed by atoms with Crippen molar-refractivity contribution in [1.29, 1.82) is 0 Å². The van der Waals surface area contributed by atoms with Crippen molar-refractivity contribution < 1.29 is 4.42 Å². The molecule has 0 saturated heterocycles. The molecular formula is C53H41NO. The first kappa shape index (κ1) is 33.0. The monoisotopic (exact) mass is 707 g/mol. The van der Waals surface area contributed by atoms with E-state index in [9.17, 15) is 0 Å². The fourth-order valence-corrected chi connectivity index (χ4v) is 8.91. The van der Waals surface area contributed by atoms with Gasteiger partial charge in [-0.1, -0.05) is 147 Å². The summed E-state index contributed by atoms with van der Waals surface area (Å²) in [5.41, 5.74) is 20.3. The van der Waals surface area contributed by atoms with Crippen molar-refractivity contribution >= 4 is 39.0 Å². The summed E-state index contributed by atoms with van der Waals surface area (Å²) in [7, 11) is 0. The van der Waals surface area contributed by atoms with Crippen LogP contribution in [0.5, 0.6) is 0 Å². The Balaban J connectivity index is 1.07. The highest BCUT2D eigenvalue weighted by molar-refractivity contribution is 6.09. The van der Waals surface area contributed by atoms with Crippen molar-refractivity contribution in [2.45, 2.75) is 33.1 Å². The highest BCUT2D eigenvalue weighted by Gasteiger charge is 2.36. The third kappa shape index (κ3) is 5.48. The van der Waals surface area contributed by atoms with E-state index < -0.39 is 0 Å². The van der Waals surface area contributed by atoms with Gasteiger partial charge < -0.3 is 9.32 Å². The average Bonchev–Trinajstić information content (AvgIpc) is 3.71. The van der Waals surface area contributed by atoms with Gasteiger partial charge in [0.15, 0.2) is 0 Å². The first-order chi connectivity index (χ1) is 26.8. The highest BCUT2D eigenvalue weighted by atomic mass is 16.3. The summed E-state index contributed by atoms with van der Waals surface area (Å²) in [4.78, 5) is 2.36. The van der Waals surface area contributed by atoms with Crippen molar-refractivity contribution in [3.8, 4) is 44.5 Å². The molecular weight excluding hydrogens is 667 g/mol. The molecule has 2 nitrogen and oxygen atoms in total. The molecule has 0 bridgehead atoms. The molecule has 0 amide bonds. The minimum atomic E-state index is -0.0351. The Labute approximate surface area is 323 Å². The van der Waals surface area contributed by atoms with Gasteiger partial charge in [0.2, 0.25) is 0 Å². The van der Waals surface area contributed by atoms with E-state index in [1.54, 1.807) is 0 Å². The Bertz CT molecular complexity index is 2890. The zero-order valence-electron chi connectivity index (χ0n) is 31.6. The lowest BCUT2D eigenvalue weighted by Crippen LogP contribution is -2.15. The molecule has 0 spiro atoms. The summed E-state index contributed by atoms with van der Waals surface area (Å²) in [5.74, 6) is 0. The molecule has 0 atom stereocenters. The van der Waals surface area contributed by atoms with Crippen molar-refractivity contribution in [3.05, 3.63) is 198 Å². The summed E-state index contributed by atoms with van der Waals surface area (Å²) < 4.78 is 6.42. The van der Waals surface area contributed by atoms with Gasteiger partial charge in [0, 0.05) is 38.8 Å². The SMILES string of the molecule is Cc1cc(C)c2c(c1)C(C)(C)c1ccc(-c3cccc(N(c4ccc(-c5ccccc5)cc4)c4ccc(-c5cccc6c5oc5ccccc56)cc4)c3)cc1-2. The number of nitrogens with zero attached hydrogens (tertiary/aromatic N) is 1. The van der Waals surface area contributed by atoms with E-state index >= 15 is 0 Å². The van der Waals surface area contributed by atoms with Gasteiger partial charge >= 0.3 is 0 Å². The van der Waals surface area contributed by atoms with Crippen LogP contribution in [0.15, 0.2) is 180 Å². The van der Waals surface area contributed by atoms with E-state index in [4.69, 9.17) is 4.42 Å². The molecule has 0 unspecified atom stereocenters. The number of anilines is 3. The van der Waals surface area contributed by atoms with Crippen LogP contribution in [0.1, 0.15) is 36.1 Å². The van der Waals surface area contributed by atoms with Crippen LogP contribution >= 0.6 is 0 Å². The lowest BCUT2D eigenvalue weighted by molar-refractivity contribution is 0.659. The lowest BCUT2D eigenvalue weighted by atomic mass is 9.81. The summed E-state index contributed by atoms with van der Waals surface area (Å²) in [6, 6.07) is 63.8. The van der Waals surface area contributed by atoms with E-state index in [2.05, 4.69) is 196 Å². The van der Waals surface area contributed by atoms with E-state index in [0.29, 0.717) is 0 Å². The van der Waals surface area contributed by atoms with Gasteiger partial charge in [-0.25, -0.2) is 0 Å². The number of furan rings is 1. The quantitative estimate of drug-likeness (QED) is 0.171. The third-order valence-corrected chi connectivity index (χ3v) is 11.6. The molecule has 9 aromatic rings. The molecule has 1 aliphatic rings. The first-order valence-electron chi connectivity index (χ1n) is 19.2. The van der Waals surface area contributed by atoms with Gasteiger partial charge in [0.25, 0.3) is 0 Å². The Morgan fingerprint density at radius 1 is 0.436 bits per heavy atom. The van der Waals surface area contributed by atoms with Crippen LogP contribution in [0.2, 0.25) is 0 Å². The molecule has 0 saturated carbocycles. The van der Waals surface area contributed by atoms with Crippen LogP contribution in [0.3, 0.4) is 0 Å². The Morgan fingerprint density at radius 2 is 1.05 bits per heavy atom. The molecule has 1 aliphatic carbocycles. The smallest absolute Gasteiger partial charge is 0.143 e. The number of para-hydroxylation sites is 2. The third-order valence-electron chi connectivity index (χ3n) is 11.6. The summed E-state index contributed by atoms with van der Waals surface area (Å²) in [5, 5.41) is 2.28. The van der Waals surface area contributed by atoms with Crippen LogP contribution in [0.4, 0.5) is 17.1 Å². The maximum Gasteiger partial charge on any atom is 0.143 e. The van der Waals surface area contributed by atoms with Crippen LogP contribution in [0.25, 0.3) is 66.4 Å². The lowest BCUT2D eigenvalue weighted by Gasteiger charge is -2.26. The predicted molar refractivity (Wildman–Crippen MR) is 232 cm³/mol. The first-order valence-corrected chi connectivity index (χ1v) is 19.2. The van der Waals surface area contributed by atoms with Gasteiger partial charge in [-0.3, -0.25) is 0 Å². The minimum absolute atomic E-state index is 0.0351. The second kappa shape index (κ2) is 12.7. The summed E-state index contributed by atoms with van der Waals surface area (Å²) in [6.45, 7) is 9.19. The Kier molecular flexibility index (Phi) is 7.64. The molecule has 1 aromatic heterocycles. The molecule has 264 valence electrons. The zero-order valence-corrected chi connectivity index (χ0v) is 31.6. The van der Waals surface area contributed by atoms with Crippen molar-refractivity contribution in [2.24, 2.45) is 0 Å². The Morgan fingerprint density at radius 3 is 1.84 bits per heavy atom. The van der Waals surface area contributed by atoms with E-state index in [1.807, 2.05) is 12.1 Å². The largest absolute Gasteiger partial charge is 0.455 e. The number of rotatable bonds is 6. The van der Waals surface area contributed by atoms with Crippen molar-refractivity contribution in [3.63, 3.8) is 0 Å². The number of aryl methyl sites for hydroxylation is 2. The van der Waals surface area contributed by atoms with Gasteiger partial charge in [-0.15, -0.1) is 0 Å². The molecule has 1 heterocycles. The van der Waals surface area contributed by atoms with Crippen molar-refractivity contribution in [2.75, 3.05) is 4.90 Å². The molecule has 0 fully saturated rings. The standard InChI is InChI=1S/C53H41NO/c1-34-30-35(2)51-47-33-40(24-29-48(47)53(3,4)49(51)31-34)39-14-10-15-43(32-39)54(41-25-20-37(21-26-41)36-12-6-5-7-13-36)42-27-22-38(23-28-42)44-17-11-18-46-45-16-8-9-19-50(45)55-52(44)46/h5-33H,1-4H3. The Hall–Kier alpha value is -6.64.